The van der Waals surface area contributed by atoms with E-state index in [1.165, 1.54) is 5.39 Å². The van der Waals surface area contributed by atoms with E-state index in [1.807, 2.05) is 24.4 Å². The third-order valence-electron chi connectivity index (χ3n) is 3.53. The standard InChI is InChI=1S/C17H18N2O2/c1-20-15-5-3-13(17(10-15)21-2)11-19-14-4-6-16-12(9-14)7-8-18-16/h3-10,18-19H,11H2,1-2H3. The van der Waals surface area contributed by atoms with Gasteiger partial charge in [0.2, 0.25) is 0 Å². The first-order valence-electron chi connectivity index (χ1n) is 6.82. The van der Waals surface area contributed by atoms with Crippen LogP contribution in [-0.4, -0.2) is 19.2 Å². The van der Waals surface area contributed by atoms with Gasteiger partial charge in [-0.25, -0.2) is 0 Å². The molecule has 1 heterocycles. The molecular formula is C17H18N2O2. The molecule has 0 aliphatic rings. The van der Waals surface area contributed by atoms with E-state index in [0.29, 0.717) is 6.54 Å². The number of anilines is 1. The summed E-state index contributed by atoms with van der Waals surface area (Å²) in [6.07, 6.45) is 1.95. The van der Waals surface area contributed by atoms with Crippen LogP contribution in [0.1, 0.15) is 5.56 Å². The Kier molecular flexibility index (Phi) is 3.69. The maximum atomic E-state index is 5.41. The lowest BCUT2D eigenvalue weighted by atomic mass is 10.1. The molecule has 0 radical (unpaired) electrons. The van der Waals surface area contributed by atoms with Crippen molar-refractivity contribution >= 4 is 16.6 Å². The molecule has 0 aliphatic heterocycles. The van der Waals surface area contributed by atoms with Crippen molar-refractivity contribution < 1.29 is 9.47 Å². The normalized spacial score (nSPS) is 10.6. The van der Waals surface area contributed by atoms with Crippen molar-refractivity contribution in [2.24, 2.45) is 0 Å². The lowest BCUT2D eigenvalue weighted by Gasteiger charge is -2.12. The zero-order valence-corrected chi connectivity index (χ0v) is 12.1. The van der Waals surface area contributed by atoms with Gasteiger partial charge in [0.1, 0.15) is 11.5 Å². The predicted molar refractivity (Wildman–Crippen MR) is 85.2 cm³/mol. The SMILES string of the molecule is COc1ccc(CNc2ccc3[nH]ccc3c2)c(OC)c1. The summed E-state index contributed by atoms with van der Waals surface area (Å²) in [6.45, 7) is 0.698. The number of fused-ring (bicyclic) bond motifs is 1. The molecule has 1 aromatic heterocycles. The van der Waals surface area contributed by atoms with Crippen molar-refractivity contribution in [3.05, 3.63) is 54.2 Å². The van der Waals surface area contributed by atoms with Crippen molar-refractivity contribution in [3.63, 3.8) is 0 Å². The zero-order valence-electron chi connectivity index (χ0n) is 12.1. The number of aromatic amines is 1. The lowest BCUT2D eigenvalue weighted by molar-refractivity contribution is 0.391. The number of ether oxygens (including phenoxy) is 2. The van der Waals surface area contributed by atoms with Crippen LogP contribution in [-0.2, 0) is 6.54 Å². The highest BCUT2D eigenvalue weighted by Crippen LogP contribution is 2.26. The molecule has 0 amide bonds. The van der Waals surface area contributed by atoms with Crippen LogP contribution in [0, 0.1) is 0 Å². The molecule has 0 fully saturated rings. The minimum absolute atomic E-state index is 0.698. The number of H-pyrrole nitrogens is 1. The van der Waals surface area contributed by atoms with Crippen molar-refractivity contribution in [2.75, 3.05) is 19.5 Å². The third-order valence-corrected chi connectivity index (χ3v) is 3.53. The summed E-state index contributed by atoms with van der Waals surface area (Å²) in [5, 5.41) is 4.62. The van der Waals surface area contributed by atoms with E-state index in [2.05, 4.69) is 34.6 Å². The molecule has 0 spiro atoms. The first-order chi connectivity index (χ1) is 10.3. The molecule has 4 heteroatoms. The number of hydrogen-bond acceptors (Lipinski definition) is 3. The largest absolute Gasteiger partial charge is 0.497 e. The molecular weight excluding hydrogens is 264 g/mol. The van der Waals surface area contributed by atoms with Gasteiger partial charge in [0.25, 0.3) is 0 Å². The van der Waals surface area contributed by atoms with Gasteiger partial charge < -0.3 is 19.8 Å². The van der Waals surface area contributed by atoms with Crippen LogP contribution in [0.2, 0.25) is 0 Å². The summed E-state index contributed by atoms with van der Waals surface area (Å²) >= 11 is 0. The summed E-state index contributed by atoms with van der Waals surface area (Å²) in [7, 11) is 3.32. The molecule has 21 heavy (non-hydrogen) atoms. The molecule has 0 aliphatic carbocycles. The van der Waals surface area contributed by atoms with Crippen LogP contribution in [0.5, 0.6) is 11.5 Å². The maximum Gasteiger partial charge on any atom is 0.127 e. The van der Waals surface area contributed by atoms with Crippen molar-refractivity contribution in [3.8, 4) is 11.5 Å². The van der Waals surface area contributed by atoms with Gasteiger partial charge >= 0.3 is 0 Å². The van der Waals surface area contributed by atoms with E-state index >= 15 is 0 Å². The molecule has 0 atom stereocenters. The Morgan fingerprint density at radius 2 is 1.90 bits per heavy atom. The minimum Gasteiger partial charge on any atom is -0.497 e. The highest BCUT2D eigenvalue weighted by molar-refractivity contribution is 5.82. The second-order valence-corrected chi connectivity index (χ2v) is 4.81. The number of nitrogens with one attached hydrogen (secondary N) is 2. The minimum atomic E-state index is 0.698. The smallest absolute Gasteiger partial charge is 0.127 e. The summed E-state index contributed by atoms with van der Waals surface area (Å²) in [5.41, 5.74) is 3.31. The molecule has 4 nitrogen and oxygen atoms in total. The van der Waals surface area contributed by atoms with Gasteiger partial charge in [-0.15, -0.1) is 0 Å². The number of aromatic nitrogens is 1. The Morgan fingerprint density at radius 1 is 1.00 bits per heavy atom. The van der Waals surface area contributed by atoms with E-state index in [9.17, 15) is 0 Å². The topological polar surface area (TPSA) is 46.3 Å². The zero-order chi connectivity index (χ0) is 14.7. The summed E-state index contributed by atoms with van der Waals surface area (Å²) in [5.74, 6) is 1.62. The molecule has 0 saturated heterocycles. The summed E-state index contributed by atoms with van der Waals surface area (Å²) in [6, 6.07) is 14.2. The molecule has 3 aromatic rings. The van der Waals surface area contributed by atoms with Crippen LogP contribution in [0.25, 0.3) is 10.9 Å². The van der Waals surface area contributed by atoms with E-state index < -0.39 is 0 Å². The predicted octanol–water partition coefficient (Wildman–Crippen LogP) is 3.80. The van der Waals surface area contributed by atoms with Crippen molar-refractivity contribution in [1.82, 2.24) is 4.98 Å². The van der Waals surface area contributed by atoms with Crippen LogP contribution in [0.15, 0.2) is 48.7 Å². The Morgan fingerprint density at radius 3 is 2.71 bits per heavy atom. The maximum absolute atomic E-state index is 5.41. The molecule has 0 unspecified atom stereocenters. The van der Waals surface area contributed by atoms with Crippen molar-refractivity contribution in [2.45, 2.75) is 6.54 Å². The van der Waals surface area contributed by atoms with Gasteiger partial charge in [0.15, 0.2) is 0 Å². The summed E-state index contributed by atoms with van der Waals surface area (Å²) < 4.78 is 10.6. The van der Waals surface area contributed by atoms with E-state index in [1.54, 1.807) is 14.2 Å². The van der Waals surface area contributed by atoms with Gasteiger partial charge in [-0.1, -0.05) is 0 Å². The lowest BCUT2D eigenvalue weighted by Crippen LogP contribution is -2.02. The number of hydrogen-bond donors (Lipinski definition) is 2. The summed E-state index contributed by atoms with van der Waals surface area (Å²) in [4.78, 5) is 3.19. The first kappa shape index (κ1) is 13.4. The molecule has 108 valence electrons. The van der Waals surface area contributed by atoms with Crippen LogP contribution >= 0.6 is 0 Å². The molecule has 0 saturated carbocycles. The van der Waals surface area contributed by atoms with E-state index in [0.717, 1.165) is 28.3 Å². The molecule has 2 N–H and O–H groups in total. The fraction of sp³-hybridized carbons (Fsp3) is 0.176. The van der Waals surface area contributed by atoms with Crippen molar-refractivity contribution in [1.29, 1.82) is 0 Å². The van der Waals surface area contributed by atoms with Crippen LogP contribution in [0.3, 0.4) is 0 Å². The van der Waals surface area contributed by atoms with Gasteiger partial charge in [0.05, 0.1) is 14.2 Å². The number of methoxy groups -OCH3 is 2. The van der Waals surface area contributed by atoms with Gasteiger partial charge in [-0.3, -0.25) is 0 Å². The number of benzene rings is 2. The fourth-order valence-corrected chi connectivity index (χ4v) is 2.36. The van der Waals surface area contributed by atoms with Gasteiger partial charge in [-0.2, -0.15) is 0 Å². The molecule has 3 rings (SSSR count). The fourth-order valence-electron chi connectivity index (χ4n) is 2.36. The highest BCUT2D eigenvalue weighted by atomic mass is 16.5. The van der Waals surface area contributed by atoms with Gasteiger partial charge in [0, 0.05) is 41.0 Å². The van der Waals surface area contributed by atoms with E-state index in [4.69, 9.17) is 9.47 Å². The Balaban J connectivity index is 1.77. The third kappa shape index (κ3) is 2.79. The monoisotopic (exact) mass is 282 g/mol. The Hall–Kier alpha value is -2.62. The second-order valence-electron chi connectivity index (χ2n) is 4.81. The average Bonchev–Trinajstić information content (AvgIpc) is 3.00. The quantitative estimate of drug-likeness (QED) is 0.748. The van der Waals surface area contributed by atoms with Crippen LogP contribution < -0.4 is 14.8 Å². The molecule has 2 aromatic carbocycles. The van der Waals surface area contributed by atoms with E-state index in [-0.39, 0.29) is 0 Å². The highest BCUT2D eigenvalue weighted by Gasteiger charge is 2.05. The molecule has 0 bridgehead atoms. The van der Waals surface area contributed by atoms with Gasteiger partial charge in [-0.05, 0) is 36.4 Å². The Labute approximate surface area is 123 Å². The first-order valence-corrected chi connectivity index (χ1v) is 6.82. The second kappa shape index (κ2) is 5.79. The number of rotatable bonds is 5. The average molecular weight is 282 g/mol. The Bertz CT molecular complexity index is 749. The van der Waals surface area contributed by atoms with Crippen LogP contribution in [0.4, 0.5) is 5.69 Å².